The summed E-state index contributed by atoms with van der Waals surface area (Å²) in [5.74, 6) is 1.97. The van der Waals surface area contributed by atoms with Gasteiger partial charge in [-0.05, 0) is 37.7 Å². The molecule has 0 spiro atoms. The Morgan fingerprint density at radius 2 is 2.00 bits per heavy atom. The Kier molecular flexibility index (Phi) is 2.91. The fourth-order valence-corrected chi connectivity index (χ4v) is 3.50. The van der Waals surface area contributed by atoms with Crippen LogP contribution >= 0.6 is 0 Å². The summed E-state index contributed by atoms with van der Waals surface area (Å²) in [7, 11) is 0. The first-order chi connectivity index (χ1) is 8.34. The molecule has 3 heteroatoms. The van der Waals surface area contributed by atoms with Crippen LogP contribution in [0.4, 0.5) is 11.5 Å². The number of nitrogens with zero attached hydrogens (tertiary/aromatic N) is 2. The average molecular weight is 231 g/mol. The number of nitrogen functional groups attached to an aromatic ring is 1. The van der Waals surface area contributed by atoms with Crippen LogP contribution in [0.25, 0.3) is 0 Å². The van der Waals surface area contributed by atoms with E-state index in [0.717, 1.165) is 24.0 Å². The molecule has 1 saturated heterocycles. The molecule has 1 aromatic rings. The molecule has 3 nitrogen and oxygen atoms in total. The third-order valence-electron chi connectivity index (χ3n) is 4.31. The number of anilines is 2. The van der Waals surface area contributed by atoms with Crippen LogP contribution in [0.2, 0.25) is 0 Å². The molecule has 3 rings (SSSR count). The van der Waals surface area contributed by atoms with Crippen molar-refractivity contribution in [2.45, 2.75) is 44.6 Å². The molecule has 17 heavy (non-hydrogen) atoms. The number of aromatic nitrogens is 1. The van der Waals surface area contributed by atoms with E-state index < -0.39 is 0 Å². The molecular weight excluding hydrogens is 210 g/mol. The highest BCUT2D eigenvalue weighted by atomic mass is 15.2. The topological polar surface area (TPSA) is 42.1 Å². The van der Waals surface area contributed by atoms with Crippen LogP contribution < -0.4 is 10.6 Å². The molecule has 0 aromatic carbocycles. The summed E-state index contributed by atoms with van der Waals surface area (Å²) in [5, 5.41) is 0. The van der Waals surface area contributed by atoms with E-state index >= 15 is 0 Å². The molecule has 0 amide bonds. The van der Waals surface area contributed by atoms with E-state index in [1.54, 1.807) is 0 Å². The molecule has 2 N–H and O–H groups in total. The minimum absolute atomic E-state index is 0.715. The summed E-state index contributed by atoms with van der Waals surface area (Å²) in [6.45, 7) is 1.15. The third kappa shape index (κ3) is 2.11. The molecule has 2 heterocycles. The number of fused-ring (bicyclic) bond motifs is 1. The SMILES string of the molecule is Nc1ccnc(N2CCCC3CCCCC32)c1. The molecule has 0 radical (unpaired) electrons. The second kappa shape index (κ2) is 4.55. The molecule has 1 aromatic heterocycles. The van der Waals surface area contributed by atoms with Crippen LogP contribution in [-0.2, 0) is 0 Å². The van der Waals surface area contributed by atoms with Crippen LogP contribution in [0.5, 0.6) is 0 Å². The Morgan fingerprint density at radius 3 is 2.88 bits per heavy atom. The second-order valence-corrected chi connectivity index (χ2v) is 5.39. The molecule has 92 valence electrons. The summed E-state index contributed by atoms with van der Waals surface area (Å²) >= 11 is 0. The highest BCUT2D eigenvalue weighted by molar-refractivity contribution is 5.51. The van der Waals surface area contributed by atoms with E-state index in [2.05, 4.69) is 9.88 Å². The van der Waals surface area contributed by atoms with Crippen molar-refractivity contribution < 1.29 is 0 Å². The number of hydrogen-bond acceptors (Lipinski definition) is 3. The van der Waals surface area contributed by atoms with Gasteiger partial charge < -0.3 is 10.6 Å². The van der Waals surface area contributed by atoms with Gasteiger partial charge in [0, 0.05) is 30.5 Å². The zero-order valence-corrected chi connectivity index (χ0v) is 10.3. The standard InChI is InChI=1S/C14H21N3/c15-12-7-8-16-14(10-12)17-9-3-5-11-4-1-2-6-13(11)17/h7-8,10-11,13H,1-6,9H2,(H2,15,16). The molecule has 2 unspecified atom stereocenters. The van der Waals surface area contributed by atoms with E-state index in [1.807, 2.05) is 18.3 Å². The molecule has 2 fully saturated rings. The molecular formula is C14H21N3. The highest BCUT2D eigenvalue weighted by Gasteiger charge is 2.33. The van der Waals surface area contributed by atoms with E-state index in [0.29, 0.717) is 6.04 Å². The Bertz CT molecular complexity index is 389. The number of pyridine rings is 1. The number of nitrogens with two attached hydrogens (primary N) is 1. The second-order valence-electron chi connectivity index (χ2n) is 5.39. The monoisotopic (exact) mass is 231 g/mol. The summed E-state index contributed by atoms with van der Waals surface area (Å²) in [4.78, 5) is 7.00. The lowest BCUT2D eigenvalue weighted by atomic mass is 9.78. The van der Waals surface area contributed by atoms with Gasteiger partial charge in [0.25, 0.3) is 0 Å². The minimum atomic E-state index is 0.715. The summed E-state index contributed by atoms with van der Waals surface area (Å²) in [6.07, 6.45) is 10.1. The Morgan fingerprint density at radius 1 is 1.18 bits per heavy atom. The van der Waals surface area contributed by atoms with E-state index in [4.69, 9.17) is 5.73 Å². The Balaban J connectivity index is 1.85. The van der Waals surface area contributed by atoms with Gasteiger partial charge in [0.15, 0.2) is 0 Å². The molecule has 1 aliphatic carbocycles. The van der Waals surface area contributed by atoms with Crippen LogP contribution in [0.3, 0.4) is 0 Å². The average Bonchev–Trinajstić information content (AvgIpc) is 2.38. The van der Waals surface area contributed by atoms with Crippen LogP contribution in [0, 0.1) is 5.92 Å². The largest absolute Gasteiger partial charge is 0.399 e. The van der Waals surface area contributed by atoms with Crippen molar-refractivity contribution in [2.75, 3.05) is 17.2 Å². The zero-order valence-electron chi connectivity index (χ0n) is 10.3. The van der Waals surface area contributed by atoms with Gasteiger partial charge in [-0.3, -0.25) is 0 Å². The fraction of sp³-hybridized carbons (Fsp3) is 0.643. The minimum Gasteiger partial charge on any atom is -0.399 e. The first-order valence-corrected chi connectivity index (χ1v) is 6.83. The van der Waals surface area contributed by atoms with Gasteiger partial charge in [-0.2, -0.15) is 0 Å². The smallest absolute Gasteiger partial charge is 0.130 e. The highest BCUT2D eigenvalue weighted by Crippen LogP contribution is 2.37. The van der Waals surface area contributed by atoms with Crippen LogP contribution in [0.15, 0.2) is 18.3 Å². The van der Waals surface area contributed by atoms with Gasteiger partial charge in [-0.25, -0.2) is 4.98 Å². The lowest BCUT2D eigenvalue weighted by molar-refractivity contribution is 0.243. The van der Waals surface area contributed by atoms with E-state index in [9.17, 15) is 0 Å². The van der Waals surface area contributed by atoms with Gasteiger partial charge in [0.2, 0.25) is 0 Å². The summed E-state index contributed by atoms with van der Waals surface area (Å²) in [5.41, 5.74) is 6.69. The lowest BCUT2D eigenvalue weighted by Crippen LogP contribution is -2.47. The first kappa shape index (κ1) is 10.9. The molecule has 2 atom stereocenters. The van der Waals surface area contributed by atoms with Crippen molar-refractivity contribution in [2.24, 2.45) is 5.92 Å². The van der Waals surface area contributed by atoms with Crippen molar-refractivity contribution in [3.05, 3.63) is 18.3 Å². The fourth-order valence-electron chi connectivity index (χ4n) is 3.50. The lowest BCUT2D eigenvalue weighted by Gasteiger charge is -2.44. The van der Waals surface area contributed by atoms with Crippen molar-refractivity contribution in [1.29, 1.82) is 0 Å². The Hall–Kier alpha value is -1.25. The molecule has 2 aliphatic rings. The van der Waals surface area contributed by atoms with E-state index in [-0.39, 0.29) is 0 Å². The van der Waals surface area contributed by atoms with E-state index in [1.165, 1.54) is 38.5 Å². The number of piperidine rings is 1. The molecule has 1 saturated carbocycles. The predicted molar refractivity (Wildman–Crippen MR) is 71.0 cm³/mol. The van der Waals surface area contributed by atoms with Crippen molar-refractivity contribution in [1.82, 2.24) is 4.98 Å². The number of rotatable bonds is 1. The van der Waals surface area contributed by atoms with Gasteiger partial charge in [0.05, 0.1) is 0 Å². The van der Waals surface area contributed by atoms with Crippen molar-refractivity contribution >= 4 is 11.5 Å². The zero-order chi connectivity index (χ0) is 11.7. The molecule has 1 aliphatic heterocycles. The normalized spacial score (nSPS) is 28.8. The van der Waals surface area contributed by atoms with Crippen molar-refractivity contribution in [3.63, 3.8) is 0 Å². The molecule has 0 bridgehead atoms. The summed E-state index contributed by atoms with van der Waals surface area (Å²) < 4.78 is 0. The maximum atomic E-state index is 5.87. The van der Waals surface area contributed by atoms with Gasteiger partial charge in [0.1, 0.15) is 5.82 Å². The van der Waals surface area contributed by atoms with Gasteiger partial charge in [-0.15, -0.1) is 0 Å². The summed E-state index contributed by atoms with van der Waals surface area (Å²) in [6, 6.07) is 4.61. The quantitative estimate of drug-likeness (QED) is 0.808. The van der Waals surface area contributed by atoms with Crippen LogP contribution in [-0.4, -0.2) is 17.6 Å². The Labute approximate surface area is 103 Å². The van der Waals surface area contributed by atoms with Gasteiger partial charge >= 0.3 is 0 Å². The predicted octanol–water partition coefficient (Wildman–Crippen LogP) is 2.82. The maximum Gasteiger partial charge on any atom is 0.130 e. The van der Waals surface area contributed by atoms with Crippen molar-refractivity contribution in [3.8, 4) is 0 Å². The third-order valence-corrected chi connectivity index (χ3v) is 4.31. The number of hydrogen-bond donors (Lipinski definition) is 1. The first-order valence-electron chi connectivity index (χ1n) is 6.83. The van der Waals surface area contributed by atoms with Crippen LogP contribution in [0.1, 0.15) is 38.5 Å². The van der Waals surface area contributed by atoms with Gasteiger partial charge in [-0.1, -0.05) is 12.8 Å². The maximum absolute atomic E-state index is 5.87.